The number of nitrogens with one attached hydrogen (secondary N) is 1. The van der Waals surface area contributed by atoms with Crippen LogP contribution in [0, 0.1) is 11.6 Å². The first-order chi connectivity index (χ1) is 9.61. The fourth-order valence-corrected chi connectivity index (χ4v) is 2.43. The van der Waals surface area contributed by atoms with Gasteiger partial charge in [0.15, 0.2) is 17.4 Å². The summed E-state index contributed by atoms with van der Waals surface area (Å²) in [6.45, 7) is 3.25. The van der Waals surface area contributed by atoms with Crippen LogP contribution in [0.25, 0.3) is 0 Å². The maximum absolute atomic E-state index is 13.9. The van der Waals surface area contributed by atoms with E-state index in [2.05, 4.69) is 5.32 Å². The maximum atomic E-state index is 13.9. The minimum absolute atomic E-state index is 0.379. The van der Waals surface area contributed by atoms with Gasteiger partial charge in [-0.15, -0.1) is 0 Å². The molecule has 3 nitrogen and oxygen atoms in total. The van der Waals surface area contributed by atoms with Crippen molar-refractivity contribution in [3.63, 3.8) is 0 Å². The van der Waals surface area contributed by atoms with Crippen molar-refractivity contribution in [2.75, 3.05) is 6.54 Å². The lowest BCUT2D eigenvalue weighted by atomic mass is 10.2. The van der Waals surface area contributed by atoms with Crippen molar-refractivity contribution in [1.82, 2.24) is 5.32 Å². The predicted molar refractivity (Wildman–Crippen MR) is 72.6 cm³/mol. The van der Waals surface area contributed by atoms with E-state index < -0.39 is 23.8 Å². The lowest BCUT2D eigenvalue weighted by Crippen LogP contribution is -2.26. The summed E-state index contributed by atoms with van der Waals surface area (Å²) in [5, 5.41) is 12.7. The monoisotopic (exact) mass is 285 g/mol. The lowest BCUT2D eigenvalue weighted by Gasteiger charge is -2.18. The Morgan fingerprint density at radius 1 is 1.30 bits per heavy atom. The van der Waals surface area contributed by atoms with Crippen LogP contribution in [-0.2, 0) is 6.54 Å². The van der Waals surface area contributed by atoms with E-state index >= 15 is 0 Å². The average Bonchev–Trinajstić information content (AvgIpc) is 2.80. The van der Waals surface area contributed by atoms with Crippen LogP contribution >= 0.6 is 0 Å². The van der Waals surface area contributed by atoms with Gasteiger partial charge in [0.2, 0.25) is 0 Å². The molecule has 1 aliphatic carbocycles. The normalized spacial score (nSPS) is 22.2. The molecule has 5 heteroatoms. The SMILES string of the molecule is CCCNCc1cc(F)c(OC2CCCC2O)c(F)c1. The van der Waals surface area contributed by atoms with E-state index in [1.54, 1.807) is 0 Å². The largest absolute Gasteiger partial charge is 0.482 e. The van der Waals surface area contributed by atoms with Gasteiger partial charge in [-0.2, -0.15) is 0 Å². The van der Waals surface area contributed by atoms with Gasteiger partial charge in [-0.05, 0) is 49.9 Å². The van der Waals surface area contributed by atoms with Crippen LogP contribution in [0.1, 0.15) is 38.2 Å². The molecule has 0 heterocycles. The fraction of sp³-hybridized carbons (Fsp3) is 0.600. The fourth-order valence-electron chi connectivity index (χ4n) is 2.43. The second-order valence-electron chi connectivity index (χ2n) is 5.22. The molecule has 0 amide bonds. The summed E-state index contributed by atoms with van der Waals surface area (Å²) in [4.78, 5) is 0. The molecule has 1 saturated carbocycles. The number of aliphatic hydroxyl groups excluding tert-OH is 1. The number of hydrogen-bond donors (Lipinski definition) is 2. The zero-order valence-corrected chi connectivity index (χ0v) is 11.7. The Morgan fingerprint density at radius 2 is 2.00 bits per heavy atom. The average molecular weight is 285 g/mol. The standard InChI is InChI=1S/C15H21F2NO2/c1-2-6-18-9-10-7-11(16)15(12(17)8-10)20-14-5-3-4-13(14)19/h7-8,13-14,18-19H,2-6,9H2,1H3. The summed E-state index contributed by atoms with van der Waals surface area (Å²) >= 11 is 0. The van der Waals surface area contributed by atoms with Gasteiger partial charge < -0.3 is 15.2 Å². The quantitative estimate of drug-likeness (QED) is 0.790. The molecule has 2 atom stereocenters. The Balaban J connectivity index is 2.06. The Hall–Kier alpha value is -1.20. The molecule has 112 valence electrons. The highest BCUT2D eigenvalue weighted by Crippen LogP contribution is 2.29. The van der Waals surface area contributed by atoms with Crippen molar-refractivity contribution < 1.29 is 18.6 Å². The molecule has 0 bridgehead atoms. The zero-order chi connectivity index (χ0) is 14.5. The van der Waals surface area contributed by atoms with Crippen LogP contribution in [0.3, 0.4) is 0 Å². The van der Waals surface area contributed by atoms with Gasteiger partial charge in [0.25, 0.3) is 0 Å². The highest BCUT2D eigenvalue weighted by molar-refractivity contribution is 5.31. The van der Waals surface area contributed by atoms with E-state index in [1.807, 2.05) is 6.92 Å². The topological polar surface area (TPSA) is 41.5 Å². The van der Waals surface area contributed by atoms with Gasteiger partial charge in [-0.3, -0.25) is 0 Å². The van der Waals surface area contributed by atoms with Gasteiger partial charge >= 0.3 is 0 Å². The summed E-state index contributed by atoms with van der Waals surface area (Å²) in [7, 11) is 0. The van der Waals surface area contributed by atoms with Crippen molar-refractivity contribution in [2.45, 2.75) is 51.4 Å². The number of rotatable bonds is 6. The van der Waals surface area contributed by atoms with Gasteiger partial charge in [0.1, 0.15) is 6.10 Å². The number of benzene rings is 1. The molecule has 1 aromatic rings. The Labute approximate surface area is 117 Å². The Morgan fingerprint density at radius 3 is 2.55 bits per heavy atom. The van der Waals surface area contributed by atoms with Crippen molar-refractivity contribution >= 4 is 0 Å². The summed E-state index contributed by atoms with van der Waals surface area (Å²) in [5.41, 5.74) is 0.549. The number of hydrogen-bond acceptors (Lipinski definition) is 3. The van der Waals surface area contributed by atoms with Crippen LogP contribution in [0.5, 0.6) is 5.75 Å². The number of halogens is 2. The molecule has 0 spiro atoms. The van der Waals surface area contributed by atoms with Crippen LogP contribution in [0.15, 0.2) is 12.1 Å². The minimum atomic E-state index is -0.711. The van der Waals surface area contributed by atoms with Crippen molar-refractivity contribution in [2.24, 2.45) is 0 Å². The first kappa shape index (κ1) is 15.2. The van der Waals surface area contributed by atoms with Crippen LogP contribution in [0.4, 0.5) is 8.78 Å². The molecule has 0 aliphatic heterocycles. The third kappa shape index (κ3) is 3.67. The molecule has 2 unspecified atom stereocenters. The minimum Gasteiger partial charge on any atom is -0.482 e. The van der Waals surface area contributed by atoms with Crippen molar-refractivity contribution in [3.8, 4) is 5.75 Å². The smallest absolute Gasteiger partial charge is 0.191 e. The number of aliphatic hydroxyl groups is 1. The molecule has 1 aliphatic rings. The van der Waals surface area contributed by atoms with Gasteiger partial charge in [0, 0.05) is 6.54 Å². The van der Waals surface area contributed by atoms with E-state index in [0.717, 1.165) is 19.4 Å². The van der Waals surface area contributed by atoms with E-state index in [1.165, 1.54) is 12.1 Å². The highest BCUT2D eigenvalue weighted by atomic mass is 19.1. The summed E-state index contributed by atoms with van der Waals surface area (Å²) in [5.74, 6) is -1.80. The molecule has 1 fully saturated rings. The molecule has 2 N–H and O–H groups in total. The van der Waals surface area contributed by atoms with Crippen LogP contribution in [0.2, 0.25) is 0 Å². The molecule has 1 aromatic carbocycles. The van der Waals surface area contributed by atoms with Crippen LogP contribution in [-0.4, -0.2) is 23.9 Å². The van der Waals surface area contributed by atoms with E-state index in [-0.39, 0.29) is 5.75 Å². The second kappa shape index (κ2) is 6.99. The Bertz CT molecular complexity index is 430. The van der Waals surface area contributed by atoms with E-state index in [9.17, 15) is 13.9 Å². The molecule has 2 rings (SSSR count). The predicted octanol–water partition coefficient (Wildman–Crippen LogP) is 2.76. The van der Waals surface area contributed by atoms with Crippen LogP contribution < -0.4 is 10.1 Å². The van der Waals surface area contributed by atoms with Crippen molar-refractivity contribution in [1.29, 1.82) is 0 Å². The van der Waals surface area contributed by atoms with Gasteiger partial charge in [0.05, 0.1) is 6.10 Å². The Kier molecular flexibility index (Phi) is 5.31. The molecular formula is C15H21F2NO2. The number of ether oxygens (including phenoxy) is 1. The summed E-state index contributed by atoms with van der Waals surface area (Å²) in [6.07, 6.45) is 1.87. The molecular weight excluding hydrogens is 264 g/mol. The highest BCUT2D eigenvalue weighted by Gasteiger charge is 2.29. The van der Waals surface area contributed by atoms with Gasteiger partial charge in [-0.1, -0.05) is 6.92 Å². The van der Waals surface area contributed by atoms with Crippen molar-refractivity contribution in [3.05, 3.63) is 29.3 Å². The zero-order valence-electron chi connectivity index (χ0n) is 11.7. The second-order valence-corrected chi connectivity index (χ2v) is 5.22. The molecule has 0 saturated heterocycles. The molecule has 20 heavy (non-hydrogen) atoms. The van der Waals surface area contributed by atoms with Gasteiger partial charge in [-0.25, -0.2) is 8.78 Å². The lowest BCUT2D eigenvalue weighted by molar-refractivity contribution is 0.0551. The molecule has 0 radical (unpaired) electrons. The first-order valence-electron chi connectivity index (χ1n) is 7.15. The van der Waals surface area contributed by atoms with E-state index in [0.29, 0.717) is 24.9 Å². The van der Waals surface area contributed by atoms with E-state index in [4.69, 9.17) is 4.74 Å². The summed E-state index contributed by atoms with van der Waals surface area (Å²) in [6, 6.07) is 2.56. The summed E-state index contributed by atoms with van der Waals surface area (Å²) < 4.78 is 33.2. The third-order valence-corrected chi connectivity index (χ3v) is 3.50. The first-order valence-corrected chi connectivity index (χ1v) is 7.15. The third-order valence-electron chi connectivity index (χ3n) is 3.50. The maximum Gasteiger partial charge on any atom is 0.191 e. The molecule has 0 aromatic heterocycles.